The molecule has 2 aliphatic heterocycles. The van der Waals surface area contributed by atoms with Gasteiger partial charge in [-0.05, 0) is 26.2 Å². The zero-order chi connectivity index (χ0) is 12.6. The molecule has 2 aliphatic rings. The summed E-state index contributed by atoms with van der Waals surface area (Å²) in [6.07, 6.45) is 1.92. The monoisotopic (exact) mass is 241 g/mol. The second-order valence-electron chi connectivity index (χ2n) is 5.00. The van der Waals surface area contributed by atoms with E-state index in [4.69, 9.17) is 4.74 Å². The van der Waals surface area contributed by atoms with Gasteiger partial charge in [0.15, 0.2) is 0 Å². The van der Waals surface area contributed by atoms with Crippen LogP contribution in [0.5, 0.6) is 0 Å². The molecule has 2 fully saturated rings. The quantitative estimate of drug-likeness (QED) is 0.762. The summed E-state index contributed by atoms with van der Waals surface area (Å²) in [6, 6.07) is 0.0797. The zero-order valence-electron chi connectivity index (χ0n) is 10.2. The number of amides is 1. The normalized spacial score (nSPS) is 36.8. The molecule has 0 aromatic rings. The molecule has 17 heavy (non-hydrogen) atoms. The van der Waals surface area contributed by atoms with Crippen LogP contribution in [0, 0.1) is 11.8 Å². The lowest BCUT2D eigenvalue weighted by atomic mass is 9.78. The average Bonchev–Trinajstić information content (AvgIpc) is 2.87. The zero-order valence-corrected chi connectivity index (χ0v) is 10.2. The van der Waals surface area contributed by atoms with Crippen molar-refractivity contribution in [3.05, 3.63) is 0 Å². The molecule has 0 unspecified atom stereocenters. The molecule has 5 atom stereocenters. The van der Waals surface area contributed by atoms with Crippen molar-refractivity contribution in [2.75, 3.05) is 0 Å². The van der Waals surface area contributed by atoms with Crippen molar-refractivity contribution >= 4 is 11.9 Å². The number of rotatable bonds is 4. The summed E-state index contributed by atoms with van der Waals surface area (Å²) in [7, 11) is 0. The van der Waals surface area contributed by atoms with Gasteiger partial charge in [0.1, 0.15) is 0 Å². The first kappa shape index (κ1) is 12.4. The van der Waals surface area contributed by atoms with Crippen molar-refractivity contribution in [3.8, 4) is 0 Å². The molecule has 2 N–H and O–H groups in total. The minimum Gasteiger partial charge on any atom is -0.481 e. The lowest BCUT2D eigenvalue weighted by Crippen LogP contribution is -2.46. The highest BCUT2D eigenvalue weighted by Crippen LogP contribution is 2.43. The molecule has 5 heteroatoms. The first-order valence-corrected chi connectivity index (χ1v) is 6.23. The fourth-order valence-corrected chi connectivity index (χ4v) is 2.77. The van der Waals surface area contributed by atoms with E-state index in [1.807, 2.05) is 13.8 Å². The maximum absolute atomic E-state index is 12.1. The van der Waals surface area contributed by atoms with Crippen LogP contribution in [0.25, 0.3) is 0 Å². The third kappa shape index (κ3) is 2.16. The molecule has 2 bridgehead atoms. The van der Waals surface area contributed by atoms with Crippen LogP contribution >= 0.6 is 0 Å². The molecule has 1 amide bonds. The molecular weight excluding hydrogens is 222 g/mol. The number of carbonyl (C=O) groups is 2. The van der Waals surface area contributed by atoms with Gasteiger partial charge in [-0.25, -0.2) is 0 Å². The molecule has 0 aromatic carbocycles. The lowest BCUT2D eigenvalue weighted by Gasteiger charge is -2.25. The summed E-state index contributed by atoms with van der Waals surface area (Å²) in [4.78, 5) is 23.3. The molecule has 2 saturated heterocycles. The Bertz CT molecular complexity index is 330. The highest BCUT2D eigenvalue weighted by molar-refractivity contribution is 5.86. The van der Waals surface area contributed by atoms with E-state index in [1.165, 1.54) is 0 Å². The number of hydrogen-bond acceptors (Lipinski definition) is 3. The second-order valence-corrected chi connectivity index (χ2v) is 5.00. The molecule has 2 heterocycles. The molecule has 5 nitrogen and oxygen atoms in total. The third-order valence-corrected chi connectivity index (χ3v) is 3.86. The Balaban J connectivity index is 2.08. The van der Waals surface area contributed by atoms with E-state index < -0.39 is 17.8 Å². The molecule has 0 aliphatic carbocycles. The van der Waals surface area contributed by atoms with Crippen molar-refractivity contribution in [1.29, 1.82) is 0 Å². The van der Waals surface area contributed by atoms with Gasteiger partial charge in [0.2, 0.25) is 5.91 Å². The van der Waals surface area contributed by atoms with Crippen LogP contribution in [0.1, 0.15) is 33.1 Å². The molecule has 0 aromatic heterocycles. The Morgan fingerprint density at radius 2 is 1.94 bits per heavy atom. The number of aliphatic carboxylic acids is 1. The number of carboxylic acid groups (broad SMARTS) is 1. The topological polar surface area (TPSA) is 75.6 Å². The summed E-state index contributed by atoms with van der Waals surface area (Å²) in [5.74, 6) is -2.27. The molecular formula is C12H19NO4. The van der Waals surface area contributed by atoms with Gasteiger partial charge in [0.25, 0.3) is 0 Å². The molecule has 0 spiro atoms. The second kappa shape index (κ2) is 4.64. The molecule has 96 valence electrons. The Kier molecular flexibility index (Phi) is 3.38. The first-order chi connectivity index (χ1) is 8.04. The van der Waals surface area contributed by atoms with Crippen LogP contribution < -0.4 is 5.32 Å². The van der Waals surface area contributed by atoms with Crippen LogP contribution in [0.2, 0.25) is 0 Å². The van der Waals surface area contributed by atoms with E-state index in [2.05, 4.69) is 5.32 Å². The van der Waals surface area contributed by atoms with E-state index in [0.717, 1.165) is 19.3 Å². The van der Waals surface area contributed by atoms with E-state index >= 15 is 0 Å². The Labute approximate surface area is 101 Å². The fraction of sp³-hybridized carbons (Fsp3) is 0.833. The van der Waals surface area contributed by atoms with Crippen molar-refractivity contribution in [3.63, 3.8) is 0 Å². The SMILES string of the molecule is CC[C@H](C)NC(=O)[C@H]1[C@@H](C(=O)O)[C@@H]2CC[C@@H]1O2. The average molecular weight is 241 g/mol. The Morgan fingerprint density at radius 1 is 1.35 bits per heavy atom. The van der Waals surface area contributed by atoms with E-state index in [9.17, 15) is 14.7 Å². The van der Waals surface area contributed by atoms with Gasteiger partial charge in [0.05, 0.1) is 24.0 Å². The number of carbonyl (C=O) groups excluding carboxylic acids is 1. The van der Waals surface area contributed by atoms with Gasteiger partial charge in [-0.2, -0.15) is 0 Å². The van der Waals surface area contributed by atoms with Gasteiger partial charge in [-0.3, -0.25) is 9.59 Å². The highest BCUT2D eigenvalue weighted by Gasteiger charge is 2.55. The number of fused-ring (bicyclic) bond motifs is 2. The number of hydrogen-bond donors (Lipinski definition) is 2. The van der Waals surface area contributed by atoms with Crippen LogP contribution in [0.15, 0.2) is 0 Å². The summed E-state index contributed by atoms with van der Waals surface area (Å²) in [5.41, 5.74) is 0. The lowest BCUT2D eigenvalue weighted by molar-refractivity contribution is -0.148. The number of nitrogens with one attached hydrogen (secondary N) is 1. The van der Waals surface area contributed by atoms with Crippen molar-refractivity contribution in [2.45, 2.75) is 51.4 Å². The Morgan fingerprint density at radius 3 is 2.47 bits per heavy atom. The van der Waals surface area contributed by atoms with Gasteiger partial charge in [0, 0.05) is 6.04 Å². The smallest absolute Gasteiger partial charge is 0.310 e. The van der Waals surface area contributed by atoms with Gasteiger partial charge < -0.3 is 15.2 Å². The molecule has 2 rings (SSSR count). The van der Waals surface area contributed by atoms with Crippen LogP contribution in [-0.2, 0) is 14.3 Å². The maximum atomic E-state index is 12.1. The van der Waals surface area contributed by atoms with Crippen molar-refractivity contribution in [2.24, 2.45) is 11.8 Å². The fourth-order valence-electron chi connectivity index (χ4n) is 2.77. The van der Waals surface area contributed by atoms with Crippen molar-refractivity contribution in [1.82, 2.24) is 5.32 Å². The summed E-state index contributed by atoms with van der Waals surface area (Å²) in [5, 5.41) is 12.0. The standard InChI is InChI=1S/C12H19NO4/c1-3-6(2)13-11(14)9-7-4-5-8(17-7)10(9)12(15)16/h6-10H,3-5H2,1-2H3,(H,13,14)(H,15,16)/t6-,7-,8-,9+,10-/m0/s1. The number of ether oxygens (including phenoxy) is 1. The van der Waals surface area contributed by atoms with Crippen LogP contribution in [0.3, 0.4) is 0 Å². The van der Waals surface area contributed by atoms with Crippen molar-refractivity contribution < 1.29 is 19.4 Å². The Hall–Kier alpha value is -1.10. The predicted molar refractivity (Wildman–Crippen MR) is 60.4 cm³/mol. The molecule has 0 radical (unpaired) electrons. The summed E-state index contributed by atoms with van der Waals surface area (Å²) in [6.45, 7) is 3.90. The minimum atomic E-state index is -0.915. The van der Waals surface area contributed by atoms with Gasteiger partial charge in [-0.15, -0.1) is 0 Å². The minimum absolute atomic E-state index is 0.0797. The van der Waals surface area contributed by atoms with E-state index in [-0.39, 0.29) is 24.2 Å². The van der Waals surface area contributed by atoms with E-state index in [1.54, 1.807) is 0 Å². The summed E-state index contributed by atoms with van der Waals surface area (Å²) < 4.78 is 5.55. The predicted octanol–water partition coefficient (Wildman–Crippen LogP) is 0.779. The maximum Gasteiger partial charge on any atom is 0.310 e. The largest absolute Gasteiger partial charge is 0.481 e. The number of carboxylic acids is 1. The summed E-state index contributed by atoms with van der Waals surface area (Å²) >= 11 is 0. The van der Waals surface area contributed by atoms with Gasteiger partial charge >= 0.3 is 5.97 Å². The van der Waals surface area contributed by atoms with Crippen LogP contribution in [-0.4, -0.2) is 35.2 Å². The highest BCUT2D eigenvalue weighted by atomic mass is 16.5. The van der Waals surface area contributed by atoms with E-state index in [0.29, 0.717) is 0 Å². The van der Waals surface area contributed by atoms with Crippen LogP contribution in [0.4, 0.5) is 0 Å². The molecule has 0 saturated carbocycles. The third-order valence-electron chi connectivity index (χ3n) is 3.86. The van der Waals surface area contributed by atoms with Gasteiger partial charge in [-0.1, -0.05) is 6.92 Å². The first-order valence-electron chi connectivity index (χ1n) is 6.23.